The highest BCUT2D eigenvalue weighted by Gasteiger charge is 2.40. The summed E-state index contributed by atoms with van der Waals surface area (Å²) in [4.78, 5) is 17.7. The molecule has 0 saturated heterocycles. The van der Waals surface area contributed by atoms with Crippen LogP contribution in [0.4, 0.5) is 9.93 Å². The molecule has 2 aliphatic carbocycles. The molecule has 2 amide bonds. The number of aromatic nitrogens is 1. The zero-order valence-electron chi connectivity index (χ0n) is 11.4. The molecule has 0 radical (unpaired) electrons. The molecule has 2 N–H and O–H groups in total. The minimum absolute atomic E-state index is 0.102. The van der Waals surface area contributed by atoms with E-state index in [9.17, 15) is 4.79 Å². The molecule has 4 rings (SSSR count). The number of rotatable bonds is 2. The predicted octanol–water partition coefficient (Wildman–Crippen LogP) is 2.53. The third-order valence-corrected chi connectivity index (χ3v) is 5.76. The molecule has 3 unspecified atom stereocenters. The summed E-state index contributed by atoms with van der Waals surface area (Å²) in [7, 11) is 0. The highest BCUT2D eigenvalue weighted by molar-refractivity contribution is 7.15. The van der Waals surface area contributed by atoms with Crippen LogP contribution in [0.25, 0.3) is 0 Å². The van der Waals surface area contributed by atoms with Gasteiger partial charge in [0.2, 0.25) is 0 Å². The van der Waals surface area contributed by atoms with E-state index in [0.717, 1.165) is 35.9 Å². The van der Waals surface area contributed by atoms with Crippen molar-refractivity contribution < 1.29 is 9.53 Å². The minimum Gasteiger partial charge on any atom is -0.375 e. The van der Waals surface area contributed by atoms with Gasteiger partial charge >= 0.3 is 6.03 Å². The van der Waals surface area contributed by atoms with Crippen molar-refractivity contribution in [3.8, 4) is 0 Å². The molecular weight excluding hydrogens is 274 g/mol. The van der Waals surface area contributed by atoms with E-state index in [1.54, 1.807) is 0 Å². The number of thiazole rings is 1. The summed E-state index contributed by atoms with van der Waals surface area (Å²) >= 11 is 1.53. The average molecular weight is 293 g/mol. The van der Waals surface area contributed by atoms with Gasteiger partial charge < -0.3 is 10.1 Å². The lowest BCUT2D eigenvalue weighted by atomic mass is 9.95. The maximum atomic E-state index is 12.1. The van der Waals surface area contributed by atoms with E-state index in [0.29, 0.717) is 23.7 Å². The number of carbonyl (C=O) groups excluding carboxylic acids is 1. The predicted molar refractivity (Wildman–Crippen MR) is 76.9 cm³/mol. The fraction of sp³-hybridized carbons (Fsp3) is 0.714. The third kappa shape index (κ3) is 2.31. The fourth-order valence-electron chi connectivity index (χ4n) is 3.80. The van der Waals surface area contributed by atoms with E-state index in [1.807, 2.05) is 0 Å². The molecule has 2 heterocycles. The largest absolute Gasteiger partial charge is 0.375 e. The number of carbonyl (C=O) groups is 1. The molecule has 1 aromatic rings. The van der Waals surface area contributed by atoms with Gasteiger partial charge in [-0.15, -0.1) is 0 Å². The van der Waals surface area contributed by atoms with Crippen LogP contribution in [0.1, 0.15) is 36.3 Å². The molecule has 3 atom stereocenters. The lowest BCUT2D eigenvalue weighted by Crippen LogP contribution is -2.40. The van der Waals surface area contributed by atoms with E-state index in [-0.39, 0.29) is 6.03 Å². The number of hydrogen-bond acceptors (Lipinski definition) is 4. The zero-order chi connectivity index (χ0) is 13.5. The first-order chi connectivity index (χ1) is 9.78. The van der Waals surface area contributed by atoms with Crippen LogP contribution in [0.5, 0.6) is 0 Å². The fourth-order valence-corrected chi connectivity index (χ4v) is 4.74. The van der Waals surface area contributed by atoms with Crippen LogP contribution >= 0.6 is 11.3 Å². The van der Waals surface area contributed by atoms with Gasteiger partial charge in [0.05, 0.1) is 23.8 Å². The maximum absolute atomic E-state index is 12.1. The second-order valence-corrected chi connectivity index (χ2v) is 7.15. The summed E-state index contributed by atoms with van der Waals surface area (Å²) in [6.45, 7) is 1.36. The molecule has 0 aromatic carbocycles. The number of anilines is 1. The van der Waals surface area contributed by atoms with Crippen LogP contribution in [0.15, 0.2) is 0 Å². The van der Waals surface area contributed by atoms with Crippen LogP contribution in [-0.4, -0.2) is 23.7 Å². The molecule has 108 valence electrons. The number of nitrogens with one attached hydrogen (secondary N) is 2. The average Bonchev–Trinajstić information content (AvgIpc) is 3.11. The Hall–Kier alpha value is -1.14. The van der Waals surface area contributed by atoms with Crippen molar-refractivity contribution >= 4 is 22.5 Å². The highest BCUT2D eigenvalue weighted by Crippen LogP contribution is 2.44. The Kier molecular flexibility index (Phi) is 3.15. The normalized spacial score (nSPS) is 31.1. The molecule has 2 saturated carbocycles. The third-order valence-electron chi connectivity index (χ3n) is 4.77. The number of urea groups is 1. The van der Waals surface area contributed by atoms with E-state index in [2.05, 4.69) is 15.6 Å². The van der Waals surface area contributed by atoms with E-state index in [4.69, 9.17) is 4.74 Å². The summed E-state index contributed by atoms with van der Waals surface area (Å²) in [6, 6.07) is 0.265. The van der Waals surface area contributed by atoms with E-state index < -0.39 is 0 Å². The van der Waals surface area contributed by atoms with Crippen LogP contribution in [-0.2, 0) is 17.8 Å². The standard InChI is InChI=1S/C14H19N3O2S/c18-13(15-11-6-8-1-2-9(11)5-8)17-14-16-10-3-4-19-7-12(10)20-14/h8-9,11H,1-7H2,(H2,15,16,17,18). The molecular formula is C14H19N3O2S. The van der Waals surface area contributed by atoms with Crippen molar-refractivity contribution in [3.63, 3.8) is 0 Å². The van der Waals surface area contributed by atoms with Gasteiger partial charge in [-0.05, 0) is 31.1 Å². The molecule has 3 aliphatic rings. The zero-order valence-corrected chi connectivity index (χ0v) is 12.2. The van der Waals surface area contributed by atoms with Crippen molar-refractivity contribution in [2.45, 2.75) is 44.8 Å². The molecule has 6 heteroatoms. The monoisotopic (exact) mass is 293 g/mol. The Morgan fingerprint density at radius 2 is 2.30 bits per heavy atom. The number of fused-ring (bicyclic) bond motifs is 3. The van der Waals surface area contributed by atoms with E-state index in [1.165, 1.54) is 30.6 Å². The van der Waals surface area contributed by atoms with Crippen LogP contribution in [0.3, 0.4) is 0 Å². The Bertz CT molecular complexity index is 507. The summed E-state index contributed by atoms with van der Waals surface area (Å²) in [5.74, 6) is 1.54. The second kappa shape index (κ2) is 5.00. The van der Waals surface area contributed by atoms with Gasteiger partial charge in [0, 0.05) is 12.5 Å². The molecule has 5 nitrogen and oxygen atoms in total. The summed E-state index contributed by atoms with van der Waals surface area (Å²) in [6.07, 6.45) is 5.93. The Labute approximate surface area is 122 Å². The Morgan fingerprint density at radius 3 is 3.05 bits per heavy atom. The molecule has 1 aromatic heterocycles. The lowest BCUT2D eigenvalue weighted by Gasteiger charge is -2.22. The van der Waals surface area contributed by atoms with Crippen LogP contribution < -0.4 is 10.6 Å². The first-order valence-electron chi connectivity index (χ1n) is 7.42. The van der Waals surface area contributed by atoms with Gasteiger partial charge in [0.1, 0.15) is 0 Å². The second-order valence-electron chi connectivity index (χ2n) is 6.07. The Morgan fingerprint density at radius 1 is 1.35 bits per heavy atom. The molecule has 2 fully saturated rings. The topological polar surface area (TPSA) is 63.2 Å². The van der Waals surface area contributed by atoms with Crippen LogP contribution in [0, 0.1) is 11.8 Å². The van der Waals surface area contributed by atoms with Crippen molar-refractivity contribution in [1.29, 1.82) is 0 Å². The highest BCUT2D eigenvalue weighted by atomic mass is 32.1. The smallest absolute Gasteiger partial charge is 0.321 e. The summed E-state index contributed by atoms with van der Waals surface area (Å²) < 4.78 is 5.40. The van der Waals surface area contributed by atoms with Crippen LogP contribution in [0.2, 0.25) is 0 Å². The Balaban J connectivity index is 1.36. The van der Waals surface area contributed by atoms with Crippen molar-refractivity contribution in [2.75, 3.05) is 11.9 Å². The summed E-state index contributed by atoms with van der Waals surface area (Å²) in [5, 5.41) is 6.71. The van der Waals surface area contributed by atoms with Gasteiger partial charge in [0.25, 0.3) is 0 Å². The van der Waals surface area contributed by atoms with Gasteiger partial charge in [-0.25, -0.2) is 9.78 Å². The summed E-state index contributed by atoms with van der Waals surface area (Å²) in [5.41, 5.74) is 1.08. The maximum Gasteiger partial charge on any atom is 0.321 e. The lowest BCUT2D eigenvalue weighted by molar-refractivity contribution is 0.112. The van der Waals surface area contributed by atoms with Gasteiger partial charge in [-0.1, -0.05) is 17.8 Å². The molecule has 1 aliphatic heterocycles. The minimum atomic E-state index is -0.102. The molecule has 20 heavy (non-hydrogen) atoms. The number of ether oxygens (including phenoxy) is 1. The van der Waals surface area contributed by atoms with Gasteiger partial charge in [0.15, 0.2) is 5.13 Å². The van der Waals surface area contributed by atoms with Crippen molar-refractivity contribution in [2.24, 2.45) is 11.8 Å². The van der Waals surface area contributed by atoms with Crippen molar-refractivity contribution in [3.05, 3.63) is 10.6 Å². The quantitative estimate of drug-likeness (QED) is 0.880. The SMILES string of the molecule is O=C(Nc1nc2c(s1)COCC2)NC1CC2CCC1C2. The first-order valence-corrected chi connectivity index (χ1v) is 8.23. The van der Waals surface area contributed by atoms with Crippen molar-refractivity contribution in [1.82, 2.24) is 10.3 Å². The number of hydrogen-bond donors (Lipinski definition) is 2. The molecule has 2 bridgehead atoms. The van der Waals surface area contributed by atoms with E-state index >= 15 is 0 Å². The first kappa shape index (κ1) is 12.6. The molecule has 0 spiro atoms. The van der Waals surface area contributed by atoms with Gasteiger partial charge in [-0.3, -0.25) is 5.32 Å². The van der Waals surface area contributed by atoms with Gasteiger partial charge in [-0.2, -0.15) is 0 Å². The number of amides is 2. The number of nitrogens with zero attached hydrogens (tertiary/aromatic N) is 1.